The number of ketones is 1. The molecule has 0 fully saturated rings. The van der Waals surface area contributed by atoms with Crippen LogP contribution in [0, 0.1) is 0 Å². The molecule has 0 spiro atoms. The Morgan fingerprint density at radius 3 is 2.71 bits per heavy atom. The van der Waals surface area contributed by atoms with E-state index in [-0.39, 0.29) is 22.8 Å². The summed E-state index contributed by atoms with van der Waals surface area (Å²) < 4.78 is 48.3. The molecule has 4 nitrogen and oxygen atoms in total. The zero-order valence-corrected chi connectivity index (χ0v) is 11.3. The molecule has 110 valence electrons. The molecule has 1 aromatic heterocycles. The number of hydrogen-bond acceptors (Lipinski definition) is 5. The lowest BCUT2D eigenvalue weighted by atomic mass is 10.1. The van der Waals surface area contributed by atoms with E-state index in [0.29, 0.717) is 23.7 Å². The van der Waals surface area contributed by atoms with Gasteiger partial charge in [0.15, 0.2) is 16.5 Å². The molecule has 2 heterocycles. The van der Waals surface area contributed by atoms with Gasteiger partial charge in [-0.05, 0) is 12.1 Å². The molecule has 0 aliphatic carbocycles. The van der Waals surface area contributed by atoms with Gasteiger partial charge in [0.1, 0.15) is 13.2 Å². The van der Waals surface area contributed by atoms with Gasteiger partial charge >= 0.3 is 6.18 Å². The Labute approximate surface area is 121 Å². The van der Waals surface area contributed by atoms with Crippen LogP contribution >= 0.6 is 11.3 Å². The summed E-state index contributed by atoms with van der Waals surface area (Å²) in [5.74, 6) is 0.105. The highest BCUT2D eigenvalue weighted by Crippen LogP contribution is 2.37. The van der Waals surface area contributed by atoms with Crippen LogP contribution in [0.25, 0.3) is 0 Å². The summed E-state index contributed by atoms with van der Waals surface area (Å²) in [7, 11) is 0. The van der Waals surface area contributed by atoms with Crippen molar-refractivity contribution in [2.45, 2.75) is 6.18 Å². The summed E-state index contributed by atoms with van der Waals surface area (Å²) in [5, 5.41) is -1.05. The topological polar surface area (TPSA) is 48.4 Å². The molecular weight excluding hydrogens is 307 g/mol. The average molecular weight is 315 g/mol. The van der Waals surface area contributed by atoms with Gasteiger partial charge in [-0.3, -0.25) is 4.79 Å². The van der Waals surface area contributed by atoms with E-state index in [0.717, 1.165) is 6.20 Å². The van der Waals surface area contributed by atoms with Gasteiger partial charge in [0.25, 0.3) is 0 Å². The molecule has 1 aliphatic heterocycles. The summed E-state index contributed by atoms with van der Waals surface area (Å²) >= 11 is 0.311. The molecular formula is C13H8F3NO3S. The predicted molar refractivity (Wildman–Crippen MR) is 68.0 cm³/mol. The Kier molecular flexibility index (Phi) is 3.32. The van der Waals surface area contributed by atoms with Crippen LogP contribution in [0.1, 0.15) is 20.2 Å². The van der Waals surface area contributed by atoms with Crippen molar-refractivity contribution >= 4 is 17.1 Å². The smallest absolute Gasteiger partial charge is 0.443 e. The summed E-state index contributed by atoms with van der Waals surface area (Å²) in [6.45, 7) is 0.650. The standard InChI is InChI=1S/C13H8F3NO3S/c14-13(15,16)12-17-6-9(21-12)10(18)7-2-1-3-8-11(7)20-5-4-19-8/h1-3,6H,4-5H2. The number of hydrogen-bond donors (Lipinski definition) is 0. The van der Waals surface area contributed by atoms with E-state index in [1.165, 1.54) is 6.07 Å². The lowest BCUT2D eigenvalue weighted by Crippen LogP contribution is -2.17. The van der Waals surface area contributed by atoms with Crippen molar-refractivity contribution in [1.82, 2.24) is 4.98 Å². The second-order valence-corrected chi connectivity index (χ2v) is 5.22. The van der Waals surface area contributed by atoms with Crippen LogP contribution in [0.4, 0.5) is 13.2 Å². The van der Waals surface area contributed by atoms with Gasteiger partial charge in [-0.25, -0.2) is 4.98 Å². The van der Waals surface area contributed by atoms with Gasteiger partial charge in [0.05, 0.1) is 10.4 Å². The Morgan fingerprint density at radius 2 is 2.00 bits per heavy atom. The Hall–Kier alpha value is -2.09. The fourth-order valence-corrected chi connectivity index (χ4v) is 2.63. The van der Waals surface area contributed by atoms with Crippen LogP contribution in [-0.2, 0) is 6.18 Å². The minimum Gasteiger partial charge on any atom is -0.486 e. The van der Waals surface area contributed by atoms with Crippen LogP contribution in [0.15, 0.2) is 24.4 Å². The largest absolute Gasteiger partial charge is 0.486 e. The molecule has 1 aliphatic rings. The number of nitrogens with zero attached hydrogens (tertiary/aromatic N) is 1. The van der Waals surface area contributed by atoms with E-state index in [1.807, 2.05) is 0 Å². The Morgan fingerprint density at radius 1 is 1.24 bits per heavy atom. The maximum Gasteiger partial charge on any atom is 0.443 e. The second kappa shape index (κ2) is 5.03. The van der Waals surface area contributed by atoms with Crippen molar-refractivity contribution in [3.63, 3.8) is 0 Å². The molecule has 0 radical (unpaired) electrons. The van der Waals surface area contributed by atoms with Crippen LogP contribution < -0.4 is 9.47 Å². The highest BCUT2D eigenvalue weighted by atomic mass is 32.1. The number of alkyl halides is 3. The minimum atomic E-state index is -4.56. The van der Waals surface area contributed by atoms with Crippen molar-refractivity contribution in [1.29, 1.82) is 0 Å². The lowest BCUT2D eigenvalue weighted by molar-refractivity contribution is -0.137. The molecule has 1 aromatic carbocycles. The zero-order valence-electron chi connectivity index (χ0n) is 10.4. The first-order valence-corrected chi connectivity index (χ1v) is 6.75. The molecule has 0 saturated heterocycles. The molecule has 0 saturated carbocycles. The third kappa shape index (κ3) is 2.58. The van der Waals surface area contributed by atoms with Crippen LogP contribution in [0.5, 0.6) is 11.5 Å². The molecule has 0 amide bonds. The fraction of sp³-hybridized carbons (Fsp3) is 0.231. The maximum absolute atomic E-state index is 12.5. The first-order chi connectivity index (χ1) is 9.97. The van der Waals surface area contributed by atoms with Crippen molar-refractivity contribution in [3.8, 4) is 11.5 Å². The van der Waals surface area contributed by atoms with Gasteiger partial charge in [0, 0.05) is 6.20 Å². The van der Waals surface area contributed by atoms with E-state index in [4.69, 9.17) is 9.47 Å². The Bertz CT molecular complexity index is 696. The first-order valence-electron chi connectivity index (χ1n) is 5.93. The number of rotatable bonds is 2. The van der Waals surface area contributed by atoms with E-state index in [9.17, 15) is 18.0 Å². The number of thiazole rings is 1. The number of fused-ring (bicyclic) bond motifs is 1. The molecule has 0 bridgehead atoms. The van der Waals surface area contributed by atoms with Gasteiger partial charge in [0.2, 0.25) is 5.78 Å². The molecule has 21 heavy (non-hydrogen) atoms. The van der Waals surface area contributed by atoms with E-state index >= 15 is 0 Å². The van der Waals surface area contributed by atoms with Crippen molar-refractivity contribution in [2.75, 3.05) is 13.2 Å². The number of benzene rings is 1. The number of halogens is 3. The van der Waals surface area contributed by atoms with Crippen LogP contribution in [0.2, 0.25) is 0 Å². The summed E-state index contributed by atoms with van der Waals surface area (Å²) in [4.78, 5) is 15.5. The third-order valence-corrected chi connectivity index (χ3v) is 3.82. The van der Waals surface area contributed by atoms with Crippen LogP contribution in [0.3, 0.4) is 0 Å². The zero-order chi connectivity index (χ0) is 15.0. The lowest BCUT2D eigenvalue weighted by Gasteiger charge is -2.20. The van der Waals surface area contributed by atoms with E-state index in [1.54, 1.807) is 12.1 Å². The molecule has 0 unspecified atom stereocenters. The minimum absolute atomic E-state index is 0.0927. The summed E-state index contributed by atoms with van der Waals surface area (Å²) in [6, 6.07) is 4.72. The van der Waals surface area contributed by atoms with Crippen molar-refractivity contribution in [3.05, 3.63) is 39.8 Å². The quantitative estimate of drug-likeness (QED) is 0.799. The normalized spacial score (nSPS) is 14.0. The molecule has 0 N–H and O–H groups in total. The highest BCUT2D eigenvalue weighted by Gasteiger charge is 2.35. The monoisotopic (exact) mass is 315 g/mol. The number of para-hydroxylation sites is 1. The van der Waals surface area contributed by atoms with Crippen molar-refractivity contribution < 1.29 is 27.4 Å². The van der Waals surface area contributed by atoms with Gasteiger partial charge in [-0.15, -0.1) is 11.3 Å². The molecule has 8 heteroatoms. The first kappa shape index (κ1) is 13.9. The number of carbonyl (C=O) groups is 1. The maximum atomic E-state index is 12.5. The molecule has 3 rings (SSSR count). The van der Waals surface area contributed by atoms with E-state index in [2.05, 4.69) is 4.98 Å². The molecule has 2 aromatic rings. The number of ether oxygens (including phenoxy) is 2. The third-order valence-electron chi connectivity index (χ3n) is 2.78. The number of carbonyl (C=O) groups excluding carboxylic acids is 1. The Balaban J connectivity index is 1.98. The van der Waals surface area contributed by atoms with Crippen molar-refractivity contribution in [2.24, 2.45) is 0 Å². The summed E-state index contributed by atoms with van der Waals surface area (Å²) in [5.41, 5.74) is 0.171. The SMILES string of the molecule is O=C(c1cnc(C(F)(F)F)s1)c1cccc2c1OCCO2. The van der Waals surface area contributed by atoms with Crippen LogP contribution in [-0.4, -0.2) is 24.0 Å². The fourth-order valence-electron chi connectivity index (χ4n) is 1.90. The van der Waals surface area contributed by atoms with Gasteiger partial charge in [-0.2, -0.15) is 13.2 Å². The average Bonchev–Trinajstić information content (AvgIpc) is 2.96. The highest BCUT2D eigenvalue weighted by molar-refractivity contribution is 7.14. The van der Waals surface area contributed by atoms with Gasteiger partial charge < -0.3 is 9.47 Å². The second-order valence-electron chi connectivity index (χ2n) is 4.19. The molecule has 0 atom stereocenters. The summed E-state index contributed by atoms with van der Waals surface area (Å²) in [6.07, 6.45) is -3.63. The predicted octanol–water partition coefficient (Wildman–Crippen LogP) is 3.16. The van der Waals surface area contributed by atoms with E-state index < -0.39 is 17.0 Å². The van der Waals surface area contributed by atoms with Gasteiger partial charge in [-0.1, -0.05) is 6.07 Å². The number of aromatic nitrogens is 1.